The molecule has 2 heterocycles. The molecule has 1 aromatic heterocycles. The van der Waals surface area contributed by atoms with Crippen molar-refractivity contribution in [1.82, 2.24) is 20.3 Å². The summed E-state index contributed by atoms with van der Waals surface area (Å²) in [5.74, 6) is 0.241. The molecule has 7 nitrogen and oxygen atoms in total. The topological polar surface area (TPSA) is 75.1 Å². The summed E-state index contributed by atoms with van der Waals surface area (Å²) in [4.78, 5) is 14.3. The highest BCUT2D eigenvalue weighted by Gasteiger charge is 2.16. The van der Waals surface area contributed by atoms with E-state index in [-0.39, 0.29) is 5.91 Å². The second-order valence-corrected chi connectivity index (χ2v) is 6.96. The molecule has 1 aliphatic rings. The van der Waals surface area contributed by atoms with Gasteiger partial charge in [0.1, 0.15) is 0 Å². The highest BCUT2D eigenvalue weighted by Crippen LogP contribution is 2.27. The van der Waals surface area contributed by atoms with Crippen molar-refractivity contribution in [3.63, 3.8) is 0 Å². The van der Waals surface area contributed by atoms with Crippen molar-refractivity contribution < 1.29 is 4.79 Å². The monoisotopic (exact) mass is 362 g/mol. The van der Waals surface area contributed by atoms with Crippen LogP contribution in [0.15, 0.2) is 24.4 Å². The van der Waals surface area contributed by atoms with Crippen LogP contribution in [-0.4, -0.2) is 48.1 Å². The van der Waals surface area contributed by atoms with Crippen LogP contribution in [0.1, 0.15) is 23.3 Å². The molecule has 1 atom stereocenters. The Morgan fingerprint density at radius 2 is 2.32 bits per heavy atom. The molecule has 1 aliphatic heterocycles. The van der Waals surface area contributed by atoms with Gasteiger partial charge in [0, 0.05) is 26.3 Å². The zero-order valence-corrected chi connectivity index (χ0v) is 15.3. The van der Waals surface area contributed by atoms with Crippen LogP contribution >= 0.6 is 11.6 Å². The van der Waals surface area contributed by atoms with Gasteiger partial charge in [-0.2, -0.15) is 0 Å². The minimum atomic E-state index is -0.290. The number of nitrogens with one attached hydrogen (secondary N) is 2. The molecule has 2 N–H and O–H groups in total. The van der Waals surface area contributed by atoms with Gasteiger partial charge in [-0.3, -0.25) is 9.48 Å². The van der Waals surface area contributed by atoms with Crippen molar-refractivity contribution >= 4 is 28.9 Å². The van der Waals surface area contributed by atoms with Crippen molar-refractivity contribution in [3.8, 4) is 0 Å². The number of rotatable bonds is 5. The molecule has 1 amide bonds. The summed E-state index contributed by atoms with van der Waals surface area (Å²) < 4.78 is 1.74. The Kier molecular flexibility index (Phi) is 5.55. The fourth-order valence-corrected chi connectivity index (χ4v) is 3.33. The number of carbonyl (C=O) groups excluding carboxylic acids is 1. The van der Waals surface area contributed by atoms with Crippen LogP contribution < -0.4 is 15.5 Å². The number of halogens is 1. The van der Waals surface area contributed by atoms with Gasteiger partial charge in [0.25, 0.3) is 5.91 Å². The van der Waals surface area contributed by atoms with Gasteiger partial charge in [0.05, 0.1) is 16.9 Å². The minimum Gasteiger partial charge on any atom is -0.376 e. The van der Waals surface area contributed by atoms with E-state index in [1.165, 1.54) is 12.8 Å². The summed E-state index contributed by atoms with van der Waals surface area (Å²) >= 11 is 6.24. The fraction of sp³-hybridized carbons (Fsp3) is 0.471. The van der Waals surface area contributed by atoms with Gasteiger partial charge in [-0.05, 0) is 50.0 Å². The molecule has 0 saturated carbocycles. The second-order valence-electron chi connectivity index (χ2n) is 6.55. The Bertz CT molecular complexity index is 738. The lowest BCUT2D eigenvalue weighted by Crippen LogP contribution is -2.32. The summed E-state index contributed by atoms with van der Waals surface area (Å²) in [6.07, 6.45) is 4.04. The van der Waals surface area contributed by atoms with Gasteiger partial charge in [-0.15, -0.1) is 5.10 Å². The summed E-state index contributed by atoms with van der Waals surface area (Å²) in [7, 11) is 3.83. The number of amides is 1. The summed E-state index contributed by atoms with van der Waals surface area (Å²) in [5, 5.41) is 14.8. The maximum absolute atomic E-state index is 12.4. The van der Waals surface area contributed by atoms with Crippen LogP contribution in [0.3, 0.4) is 0 Å². The van der Waals surface area contributed by atoms with Gasteiger partial charge >= 0.3 is 0 Å². The quantitative estimate of drug-likeness (QED) is 0.853. The van der Waals surface area contributed by atoms with E-state index in [1.807, 2.05) is 31.1 Å². The molecular formula is C17H23ClN6O. The highest BCUT2D eigenvalue weighted by atomic mass is 35.5. The van der Waals surface area contributed by atoms with E-state index in [4.69, 9.17) is 11.6 Å². The average Bonchev–Trinajstić information content (AvgIpc) is 3.04. The third-order valence-electron chi connectivity index (χ3n) is 4.30. The van der Waals surface area contributed by atoms with E-state index in [0.29, 0.717) is 22.3 Å². The van der Waals surface area contributed by atoms with Crippen LogP contribution in [-0.2, 0) is 6.54 Å². The van der Waals surface area contributed by atoms with Crippen LogP contribution in [0, 0.1) is 5.92 Å². The van der Waals surface area contributed by atoms with E-state index in [9.17, 15) is 4.79 Å². The number of carbonyl (C=O) groups is 1. The third kappa shape index (κ3) is 4.49. The second kappa shape index (κ2) is 7.84. The molecule has 0 aliphatic carbocycles. The van der Waals surface area contributed by atoms with Crippen LogP contribution in [0.5, 0.6) is 0 Å². The first kappa shape index (κ1) is 17.7. The highest BCUT2D eigenvalue weighted by molar-refractivity contribution is 6.33. The normalized spacial score (nSPS) is 17.3. The fourth-order valence-electron chi connectivity index (χ4n) is 2.98. The number of hydrogen-bond donors (Lipinski definition) is 2. The molecule has 2 aromatic rings. The van der Waals surface area contributed by atoms with Crippen molar-refractivity contribution in [2.75, 3.05) is 37.4 Å². The minimum absolute atomic E-state index is 0.290. The number of anilines is 2. The zero-order valence-electron chi connectivity index (χ0n) is 14.5. The lowest BCUT2D eigenvalue weighted by Gasteiger charge is -2.22. The smallest absolute Gasteiger partial charge is 0.277 e. The van der Waals surface area contributed by atoms with Gasteiger partial charge in [0.2, 0.25) is 0 Å². The van der Waals surface area contributed by atoms with Gasteiger partial charge in [0.15, 0.2) is 5.69 Å². The Hall–Kier alpha value is -2.12. The molecule has 25 heavy (non-hydrogen) atoms. The number of piperidine rings is 1. The van der Waals surface area contributed by atoms with Crippen molar-refractivity contribution in [2.45, 2.75) is 19.4 Å². The summed E-state index contributed by atoms with van der Waals surface area (Å²) in [6, 6.07) is 5.41. The predicted octanol–water partition coefficient (Wildman–Crippen LogP) is 2.25. The molecule has 1 unspecified atom stereocenters. The van der Waals surface area contributed by atoms with Gasteiger partial charge in [-0.1, -0.05) is 16.8 Å². The Labute approximate surface area is 152 Å². The molecule has 1 fully saturated rings. The Balaban J connectivity index is 1.62. The molecule has 0 bridgehead atoms. The van der Waals surface area contributed by atoms with Gasteiger partial charge in [-0.25, -0.2) is 0 Å². The van der Waals surface area contributed by atoms with E-state index >= 15 is 0 Å². The van der Waals surface area contributed by atoms with Crippen molar-refractivity contribution in [3.05, 3.63) is 35.1 Å². The number of aromatic nitrogens is 3. The van der Waals surface area contributed by atoms with Crippen LogP contribution in [0.25, 0.3) is 0 Å². The summed E-state index contributed by atoms with van der Waals surface area (Å²) in [5.41, 5.74) is 1.83. The summed E-state index contributed by atoms with van der Waals surface area (Å²) in [6.45, 7) is 2.84. The number of benzene rings is 1. The first-order chi connectivity index (χ1) is 12.0. The maximum Gasteiger partial charge on any atom is 0.277 e. The van der Waals surface area contributed by atoms with E-state index < -0.39 is 0 Å². The third-order valence-corrected chi connectivity index (χ3v) is 4.61. The Morgan fingerprint density at radius 1 is 1.48 bits per heavy atom. The van der Waals surface area contributed by atoms with E-state index in [2.05, 4.69) is 20.9 Å². The molecule has 1 aromatic carbocycles. The number of hydrogen-bond acceptors (Lipinski definition) is 5. The first-order valence-corrected chi connectivity index (χ1v) is 8.80. The van der Waals surface area contributed by atoms with Crippen molar-refractivity contribution in [2.24, 2.45) is 5.92 Å². The molecule has 8 heteroatoms. The van der Waals surface area contributed by atoms with Crippen molar-refractivity contribution in [1.29, 1.82) is 0 Å². The molecular weight excluding hydrogens is 340 g/mol. The zero-order chi connectivity index (χ0) is 17.8. The lowest BCUT2D eigenvalue weighted by molar-refractivity contribution is 0.102. The standard InChI is InChI=1S/C17H23ClN6O/c1-23(2)16-6-5-13(8-14(16)18)20-17(25)15-11-24(22-21-15)10-12-4-3-7-19-9-12/h5-6,8,11-12,19H,3-4,7,9-10H2,1-2H3,(H,20,25). The van der Waals surface area contributed by atoms with Crippen LogP contribution in [0.2, 0.25) is 5.02 Å². The molecule has 3 rings (SSSR count). The SMILES string of the molecule is CN(C)c1ccc(NC(=O)c2cn(CC3CCCNC3)nn2)cc1Cl. The number of nitrogens with zero attached hydrogens (tertiary/aromatic N) is 4. The predicted molar refractivity (Wildman–Crippen MR) is 99.3 cm³/mol. The lowest BCUT2D eigenvalue weighted by atomic mass is 10.00. The van der Waals surface area contributed by atoms with E-state index in [1.54, 1.807) is 16.9 Å². The first-order valence-electron chi connectivity index (χ1n) is 8.42. The maximum atomic E-state index is 12.4. The molecule has 0 radical (unpaired) electrons. The van der Waals surface area contributed by atoms with E-state index in [0.717, 1.165) is 25.3 Å². The Morgan fingerprint density at radius 3 is 3.00 bits per heavy atom. The average molecular weight is 363 g/mol. The van der Waals surface area contributed by atoms with Gasteiger partial charge < -0.3 is 15.5 Å². The molecule has 1 saturated heterocycles. The molecule has 134 valence electrons. The largest absolute Gasteiger partial charge is 0.376 e. The molecule has 0 spiro atoms. The van der Waals surface area contributed by atoms with Crippen LogP contribution in [0.4, 0.5) is 11.4 Å².